The van der Waals surface area contributed by atoms with Crippen molar-refractivity contribution in [1.82, 2.24) is 9.62 Å². The van der Waals surface area contributed by atoms with Crippen molar-refractivity contribution in [3.63, 3.8) is 0 Å². The Hall–Kier alpha value is -0.340. The highest BCUT2D eigenvalue weighted by Gasteiger charge is 2.38. The van der Waals surface area contributed by atoms with E-state index in [-0.39, 0.29) is 18.4 Å². The zero-order valence-corrected chi connectivity index (χ0v) is 12.8. The Morgan fingerprint density at radius 3 is 2.43 bits per heavy atom. The SMILES string of the molecule is O=S(=O)(CCCC(F)(F)F)N(CC1CCCNC1)C1CC1. The van der Waals surface area contributed by atoms with E-state index in [4.69, 9.17) is 0 Å². The Labute approximate surface area is 124 Å². The molecule has 21 heavy (non-hydrogen) atoms. The molecule has 1 saturated carbocycles. The van der Waals surface area contributed by atoms with Crippen LogP contribution in [0.3, 0.4) is 0 Å². The van der Waals surface area contributed by atoms with Crippen molar-refractivity contribution >= 4 is 10.0 Å². The summed E-state index contributed by atoms with van der Waals surface area (Å²) in [5.74, 6) is -0.125. The maximum atomic E-state index is 12.3. The molecule has 8 heteroatoms. The summed E-state index contributed by atoms with van der Waals surface area (Å²) >= 11 is 0. The van der Waals surface area contributed by atoms with Gasteiger partial charge in [0.15, 0.2) is 0 Å². The predicted molar refractivity (Wildman–Crippen MR) is 74.4 cm³/mol. The van der Waals surface area contributed by atoms with Gasteiger partial charge in [-0.2, -0.15) is 17.5 Å². The third-order valence-electron chi connectivity index (χ3n) is 4.01. The van der Waals surface area contributed by atoms with Gasteiger partial charge in [-0.25, -0.2) is 8.42 Å². The molecular weight excluding hydrogens is 305 g/mol. The van der Waals surface area contributed by atoms with Gasteiger partial charge in [-0.15, -0.1) is 0 Å². The number of halogens is 3. The minimum atomic E-state index is -4.28. The number of piperidine rings is 1. The first-order chi connectivity index (χ1) is 9.78. The molecule has 0 aromatic carbocycles. The maximum absolute atomic E-state index is 12.3. The maximum Gasteiger partial charge on any atom is 0.389 e. The lowest BCUT2D eigenvalue weighted by molar-refractivity contribution is -0.134. The van der Waals surface area contributed by atoms with Crippen LogP contribution in [0, 0.1) is 5.92 Å². The van der Waals surface area contributed by atoms with E-state index in [2.05, 4.69) is 5.32 Å². The first-order valence-electron chi connectivity index (χ1n) is 7.55. The highest BCUT2D eigenvalue weighted by molar-refractivity contribution is 7.89. The molecule has 1 aliphatic carbocycles. The Balaban J connectivity index is 1.89. The predicted octanol–water partition coefficient (Wildman–Crippen LogP) is 2.12. The lowest BCUT2D eigenvalue weighted by atomic mass is 10.00. The lowest BCUT2D eigenvalue weighted by Gasteiger charge is -2.29. The van der Waals surface area contributed by atoms with Crippen molar-refractivity contribution in [2.45, 2.75) is 50.7 Å². The highest BCUT2D eigenvalue weighted by Crippen LogP contribution is 2.32. The summed E-state index contributed by atoms with van der Waals surface area (Å²) < 4.78 is 62.6. The van der Waals surface area contributed by atoms with Crippen molar-refractivity contribution in [2.24, 2.45) is 5.92 Å². The average molecular weight is 328 g/mol. The van der Waals surface area contributed by atoms with Crippen LogP contribution in [-0.4, -0.2) is 50.3 Å². The zero-order valence-electron chi connectivity index (χ0n) is 12.0. The lowest BCUT2D eigenvalue weighted by Crippen LogP contribution is -2.43. The van der Waals surface area contributed by atoms with Crippen LogP contribution < -0.4 is 5.32 Å². The molecule has 2 fully saturated rings. The molecule has 1 N–H and O–H groups in total. The summed E-state index contributed by atoms with van der Waals surface area (Å²) in [6.45, 7) is 2.20. The van der Waals surface area contributed by atoms with Crippen molar-refractivity contribution in [3.05, 3.63) is 0 Å². The summed E-state index contributed by atoms with van der Waals surface area (Å²) in [6.07, 6.45) is -2.00. The standard InChI is InChI=1S/C13H23F3N2O2S/c14-13(15,16)6-2-8-21(19,20)18(12-4-5-12)10-11-3-1-7-17-9-11/h11-12,17H,1-10H2. The van der Waals surface area contributed by atoms with Gasteiger partial charge in [-0.05, 0) is 51.1 Å². The molecule has 0 radical (unpaired) electrons. The molecule has 2 aliphatic rings. The molecule has 1 heterocycles. The highest BCUT2D eigenvalue weighted by atomic mass is 32.2. The normalized spacial score (nSPS) is 24.5. The number of rotatable bonds is 7. The third-order valence-corrected chi connectivity index (χ3v) is 5.98. The summed E-state index contributed by atoms with van der Waals surface area (Å²) in [4.78, 5) is 0. The molecule has 0 bridgehead atoms. The van der Waals surface area contributed by atoms with E-state index in [1.165, 1.54) is 4.31 Å². The van der Waals surface area contributed by atoms with Crippen molar-refractivity contribution in [1.29, 1.82) is 0 Å². The molecule has 1 aliphatic heterocycles. The molecule has 0 spiro atoms. The van der Waals surface area contributed by atoms with Crippen LogP contribution in [0.15, 0.2) is 0 Å². The molecule has 1 unspecified atom stereocenters. The first-order valence-corrected chi connectivity index (χ1v) is 9.16. The molecule has 1 saturated heterocycles. The van der Waals surface area contributed by atoms with Gasteiger partial charge in [0, 0.05) is 19.0 Å². The largest absolute Gasteiger partial charge is 0.389 e. The van der Waals surface area contributed by atoms with E-state index < -0.39 is 28.4 Å². The minimum absolute atomic E-state index is 0.0165. The van der Waals surface area contributed by atoms with Gasteiger partial charge < -0.3 is 5.32 Å². The van der Waals surface area contributed by atoms with Crippen LogP contribution in [-0.2, 0) is 10.0 Å². The molecular formula is C13H23F3N2O2S. The fourth-order valence-electron chi connectivity index (χ4n) is 2.76. The van der Waals surface area contributed by atoms with Gasteiger partial charge in [0.25, 0.3) is 0 Å². The first kappa shape index (κ1) is 17.0. The molecule has 0 amide bonds. The van der Waals surface area contributed by atoms with Gasteiger partial charge in [0.2, 0.25) is 10.0 Å². The fraction of sp³-hybridized carbons (Fsp3) is 1.00. The summed E-state index contributed by atoms with van der Waals surface area (Å²) in [7, 11) is -3.58. The number of nitrogens with one attached hydrogen (secondary N) is 1. The second-order valence-corrected chi connectivity index (χ2v) is 8.09. The van der Waals surface area contributed by atoms with E-state index in [9.17, 15) is 21.6 Å². The van der Waals surface area contributed by atoms with Gasteiger partial charge in [-0.3, -0.25) is 0 Å². The van der Waals surface area contributed by atoms with E-state index in [0.29, 0.717) is 6.54 Å². The molecule has 2 rings (SSSR count). The fourth-order valence-corrected chi connectivity index (χ4v) is 4.61. The van der Waals surface area contributed by atoms with Gasteiger partial charge >= 0.3 is 6.18 Å². The quantitative estimate of drug-likeness (QED) is 0.779. The van der Waals surface area contributed by atoms with Crippen LogP contribution in [0.2, 0.25) is 0 Å². The Bertz CT molecular complexity index is 429. The van der Waals surface area contributed by atoms with Crippen LogP contribution in [0.1, 0.15) is 38.5 Å². The van der Waals surface area contributed by atoms with Crippen molar-refractivity contribution in [2.75, 3.05) is 25.4 Å². The second-order valence-electron chi connectivity index (χ2n) is 6.05. The van der Waals surface area contributed by atoms with Crippen LogP contribution in [0.4, 0.5) is 13.2 Å². The number of hydrogen-bond donors (Lipinski definition) is 1. The summed E-state index contributed by atoms with van der Waals surface area (Å²) in [6, 6.07) is 0.0165. The van der Waals surface area contributed by atoms with Crippen LogP contribution in [0.5, 0.6) is 0 Å². The third kappa shape index (κ3) is 5.75. The van der Waals surface area contributed by atoms with Gasteiger partial charge in [-0.1, -0.05) is 0 Å². The number of alkyl halides is 3. The summed E-state index contributed by atoms with van der Waals surface area (Å²) in [5, 5.41) is 3.24. The van der Waals surface area contributed by atoms with Crippen LogP contribution in [0.25, 0.3) is 0 Å². The number of nitrogens with zero attached hydrogens (tertiary/aromatic N) is 1. The molecule has 0 aromatic rings. The average Bonchev–Trinajstić information content (AvgIpc) is 3.19. The topological polar surface area (TPSA) is 49.4 Å². The van der Waals surface area contributed by atoms with Gasteiger partial charge in [0.05, 0.1) is 5.75 Å². The Kier molecular flexibility index (Phi) is 5.54. The molecule has 1 atom stereocenters. The monoisotopic (exact) mass is 328 g/mol. The van der Waals surface area contributed by atoms with Crippen molar-refractivity contribution < 1.29 is 21.6 Å². The Morgan fingerprint density at radius 1 is 1.19 bits per heavy atom. The Morgan fingerprint density at radius 2 is 1.90 bits per heavy atom. The molecule has 124 valence electrons. The van der Waals surface area contributed by atoms with E-state index in [1.807, 2.05) is 0 Å². The second kappa shape index (κ2) is 6.83. The van der Waals surface area contributed by atoms with E-state index >= 15 is 0 Å². The van der Waals surface area contributed by atoms with Crippen LogP contribution >= 0.6 is 0 Å². The zero-order chi connectivity index (χ0) is 15.5. The van der Waals surface area contributed by atoms with E-state index in [1.54, 1.807) is 0 Å². The van der Waals surface area contributed by atoms with Gasteiger partial charge in [0.1, 0.15) is 0 Å². The minimum Gasteiger partial charge on any atom is -0.316 e. The van der Waals surface area contributed by atoms with Crippen molar-refractivity contribution in [3.8, 4) is 0 Å². The number of sulfonamides is 1. The number of hydrogen-bond acceptors (Lipinski definition) is 3. The molecule has 0 aromatic heterocycles. The summed E-state index contributed by atoms with van der Waals surface area (Å²) in [5.41, 5.74) is 0. The van der Waals surface area contributed by atoms with E-state index in [0.717, 1.165) is 38.8 Å². The smallest absolute Gasteiger partial charge is 0.316 e. The molecule has 4 nitrogen and oxygen atoms in total.